The molecule has 9 nitrogen and oxygen atoms in total. The molecule has 3 fully saturated rings. The highest BCUT2D eigenvalue weighted by molar-refractivity contribution is 5.90. The normalized spacial score (nSPS) is 46.4. The topological polar surface area (TPSA) is 129 Å². The summed E-state index contributed by atoms with van der Waals surface area (Å²) in [6, 6.07) is 0. The number of rotatable bonds is 4. The van der Waals surface area contributed by atoms with Crippen LogP contribution in [0, 0.1) is 29.6 Å². The number of Topliss-reactive ketones (excluding diaryl/α,β-unsaturated/α-hetero) is 1. The second kappa shape index (κ2) is 10.0. The number of esters is 2. The van der Waals surface area contributed by atoms with Crippen LogP contribution in [0.25, 0.3) is 0 Å². The fraction of sp³-hybridized carbons (Fsp3) is 0.690. The highest BCUT2D eigenvalue weighted by Gasteiger charge is 2.72. The van der Waals surface area contributed by atoms with E-state index in [1.807, 2.05) is 32.9 Å². The Morgan fingerprint density at radius 3 is 2.63 bits per heavy atom. The zero-order valence-electron chi connectivity index (χ0n) is 22.5. The van der Waals surface area contributed by atoms with E-state index >= 15 is 0 Å². The van der Waals surface area contributed by atoms with Crippen LogP contribution >= 0.6 is 0 Å². The summed E-state index contributed by atoms with van der Waals surface area (Å²) < 4.78 is 24.0. The monoisotopic (exact) mass is 530 g/mol. The predicted octanol–water partition coefficient (Wildman–Crippen LogP) is 2.05. The van der Waals surface area contributed by atoms with Gasteiger partial charge >= 0.3 is 11.9 Å². The van der Waals surface area contributed by atoms with Crippen LogP contribution < -0.4 is 0 Å². The molecule has 0 amide bonds. The van der Waals surface area contributed by atoms with E-state index in [2.05, 4.69) is 0 Å². The molecule has 12 atom stereocenters. The number of carbonyl (C=O) groups is 3. The molecule has 38 heavy (non-hydrogen) atoms. The molecule has 0 aromatic heterocycles. The summed E-state index contributed by atoms with van der Waals surface area (Å²) in [6.45, 7) is 7.15. The van der Waals surface area contributed by atoms with Gasteiger partial charge in [0.05, 0.1) is 23.7 Å². The van der Waals surface area contributed by atoms with Crippen molar-refractivity contribution in [3.05, 3.63) is 35.5 Å². The van der Waals surface area contributed by atoms with E-state index < -0.39 is 77.8 Å². The number of hydrogen-bond acceptors (Lipinski definition) is 9. The first-order chi connectivity index (χ1) is 18.0. The van der Waals surface area contributed by atoms with Crippen molar-refractivity contribution in [2.24, 2.45) is 29.6 Å². The zero-order valence-corrected chi connectivity index (χ0v) is 22.5. The SMILES string of the molecule is CO[C@H]1C[C@H]2CC(=O)[C@H]3[C@H]4O[C@]2(/C(C)=C/[C@@H](C)[C@@H]([C@@H](C)O)OC1=O)[C@@H]3[C@H](O)[C@@H](C)[C@H]4OC(=O)C1=CC=CC1. The molecule has 9 heteroatoms. The third-order valence-electron chi connectivity index (χ3n) is 9.44. The maximum atomic E-state index is 13.6. The van der Waals surface area contributed by atoms with Crippen molar-refractivity contribution in [2.75, 3.05) is 7.11 Å². The van der Waals surface area contributed by atoms with E-state index in [1.54, 1.807) is 19.1 Å². The van der Waals surface area contributed by atoms with Crippen LogP contribution in [0.5, 0.6) is 0 Å². The van der Waals surface area contributed by atoms with E-state index in [0.717, 1.165) is 5.57 Å². The lowest BCUT2D eigenvalue weighted by Crippen LogP contribution is -2.61. The van der Waals surface area contributed by atoms with Crippen molar-refractivity contribution in [3.8, 4) is 0 Å². The van der Waals surface area contributed by atoms with E-state index in [-0.39, 0.29) is 24.5 Å². The Labute approximate surface area is 222 Å². The van der Waals surface area contributed by atoms with Crippen LogP contribution in [0.1, 0.15) is 47.0 Å². The number of cyclic esters (lactones) is 1. The van der Waals surface area contributed by atoms with Crippen molar-refractivity contribution in [3.63, 3.8) is 0 Å². The molecule has 0 aromatic carbocycles. The van der Waals surface area contributed by atoms with Crippen LogP contribution in [-0.4, -0.2) is 77.3 Å². The van der Waals surface area contributed by atoms with Gasteiger partial charge in [0.25, 0.3) is 0 Å². The summed E-state index contributed by atoms with van der Waals surface area (Å²) in [4.78, 5) is 39.7. The van der Waals surface area contributed by atoms with Gasteiger partial charge in [-0.2, -0.15) is 0 Å². The van der Waals surface area contributed by atoms with Crippen molar-refractivity contribution < 1.29 is 43.5 Å². The molecule has 5 aliphatic rings. The molecule has 5 rings (SSSR count). The van der Waals surface area contributed by atoms with Gasteiger partial charge in [-0.25, -0.2) is 9.59 Å². The Morgan fingerprint density at radius 2 is 2.00 bits per heavy atom. The quantitative estimate of drug-likeness (QED) is 0.414. The summed E-state index contributed by atoms with van der Waals surface area (Å²) in [6.07, 6.45) is 2.82. The highest BCUT2D eigenvalue weighted by Crippen LogP contribution is 2.62. The largest absolute Gasteiger partial charge is 0.457 e. The maximum Gasteiger partial charge on any atom is 0.335 e. The van der Waals surface area contributed by atoms with Crippen molar-refractivity contribution in [1.29, 1.82) is 0 Å². The van der Waals surface area contributed by atoms with E-state index in [9.17, 15) is 24.6 Å². The lowest BCUT2D eigenvalue weighted by atomic mass is 9.54. The molecule has 2 heterocycles. The number of methoxy groups -OCH3 is 1. The molecular formula is C29H38O9. The second-order valence-corrected chi connectivity index (χ2v) is 11.6. The summed E-state index contributed by atoms with van der Waals surface area (Å²) >= 11 is 0. The van der Waals surface area contributed by atoms with Crippen LogP contribution in [0.15, 0.2) is 35.5 Å². The fourth-order valence-corrected chi connectivity index (χ4v) is 7.62. The van der Waals surface area contributed by atoms with Crippen LogP contribution in [0.3, 0.4) is 0 Å². The van der Waals surface area contributed by atoms with Gasteiger partial charge in [-0.1, -0.05) is 38.2 Å². The molecule has 208 valence electrons. The Bertz CT molecular complexity index is 1090. The number of ether oxygens (including phenoxy) is 4. The number of hydrogen-bond donors (Lipinski definition) is 2. The van der Waals surface area contributed by atoms with Gasteiger partial charge in [-0.15, -0.1) is 0 Å². The average molecular weight is 531 g/mol. The minimum atomic E-state index is -1.07. The number of aliphatic hydroxyl groups excluding tert-OH is 2. The van der Waals surface area contributed by atoms with Gasteiger partial charge in [-0.05, 0) is 32.3 Å². The van der Waals surface area contributed by atoms with Gasteiger partial charge < -0.3 is 29.2 Å². The summed E-state index contributed by atoms with van der Waals surface area (Å²) in [5, 5.41) is 22.1. The zero-order chi connectivity index (χ0) is 27.5. The molecule has 1 saturated heterocycles. The smallest absolute Gasteiger partial charge is 0.335 e. The van der Waals surface area contributed by atoms with E-state index in [4.69, 9.17) is 18.9 Å². The van der Waals surface area contributed by atoms with Crippen molar-refractivity contribution >= 4 is 17.7 Å². The molecule has 0 aromatic rings. The van der Waals surface area contributed by atoms with Crippen LogP contribution in [0.2, 0.25) is 0 Å². The lowest BCUT2D eigenvalue weighted by molar-refractivity contribution is -0.174. The van der Waals surface area contributed by atoms with Crippen LogP contribution in [0.4, 0.5) is 0 Å². The molecule has 2 saturated carbocycles. The average Bonchev–Trinajstić information content (AvgIpc) is 3.49. The lowest BCUT2D eigenvalue weighted by Gasteiger charge is -2.50. The van der Waals surface area contributed by atoms with Gasteiger partial charge in [0.1, 0.15) is 24.1 Å². The number of ketones is 1. The van der Waals surface area contributed by atoms with Gasteiger partial charge in [0.15, 0.2) is 6.10 Å². The molecule has 4 bridgehead atoms. The molecular weight excluding hydrogens is 492 g/mol. The van der Waals surface area contributed by atoms with Crippen LogP contribution in [-0.2, 0) is 33.3 Å². The van der Waals surface area contributed by atoms with Gasteiger partial charge in [-0.3, -0.25) is 4.79 Å². The van der Waals surface area contributed by atoms with E-state index in [1.165, 1.54) is 7.11 Å². The van der Waals surface area contributed by atoms with Crippen molar-refractivity contribution in [1.82, 2.24) is 0 Å². The third-order valence-corrected chi connectivity index (χ3v) is 9.44. The first-order valence-electron chi connectivity index (χ1n) is 13.6. The van der Waals surface area contributed by atoms with Gasteiger partial charge in [0, 0.05) is 42.8 Å². The first kappa shape index (κ1) is 27.2. The Morgan fingerprint density at radius 1 is 1.26 bits per heavy atom. The first-order valence-corrected chi connectivity index (χ1v) is 13.6. The Balaban J connectivity index is 1.59. The number of allylic oxidation sites excluding steroid dienone is 3. The molecule has 0 unspecified atom stereocenters. The molecule has 1 spiro atoms. The summed E-state index contributed by atoms with van der Waals surface area (Å²) in [5.41, 5.74) is 0.253. The summed E-state index contributed by atoms with van der Waals surface area (Å²) in [7, 11) is 1.41. The Kier molecular flexibility index (Phi) is 7.18. The predicted molar refractivity (Wildman–Crippen MR) is 134 cm³/mol. The summed E-state index contributed by atoms with van der Waals surface area (Å²) in [5.74, 6) is -3.69. The highest BCUT2D eigenvalue weighted by atomic mass is 16.6. The second-order valence-electron chi connectivity index (χ2n) is 11.6. The molecule has 2 aliphatic heterocycles. The minimum absolute atomic E-state index is 0.0742. The number of carbonyl (C=O) groups excluding carboxylic acids is 3. The molecule has 2 N–H and O–H groups in total. The molecule has 0 radical (unpaired) electrons. The number of aliphatic hydroxyl groups is 2. The third kappa shape index (κ3) is 4.10. The Hall–Kier alpha value is -2.33. The maximum absolute atomic E-state index is 13.6. The van der Waals surface area contributed by atoms with Crippen molar-refractivity contribution in [2.45, 2.75) is 89.2 Å². The fourth-order valence-electron chi connectivity index (χ4n) is 7.62. The molecule has 3 aliphatic carbocycles. The minimum Gasteiger partial charge on any atom is -0.457 e. The van der Waals surface area contributed by atoms with Gasteiger partial charge in [0.2, 0.25) is 0 Å². The standard InChI is InChI=1S/C29H38O9/c1-13-10-14(2)29-18(12-20(35-5)28(34)36-24(13)16(4)30)11-19(31)21-22(29)23(32)15(3)25(26(21)38-29)37-27(33)17-8-6-7-9-17/h6-8,10,13,15-16,18,20-26,30,32H,9,11-12H2,1-5H3/b14-10+/t13-,15-,16-,18-,20+,21-,22+,23-,24+,25-,26-,29+/m1/s1. The van der Waals surface area contributed by atoms with E-state index in [0.29, 0.717) is 12.0 Å².